The van der Waals surface area contributed by atoms with Gasteiger partial charge in [-0.15, -0.1) is 36.2 Å². The van der Waals surface area contributed by atoms with Gasteiger partial charge in [-0.25, -0.2) is 4.98 Å². The number of nitrogens with one attached hydrogen (secondary N) is 1. The molecule has 2 aliphatic rings. The zero-order chi connectivity index (χ0) is 14.1. The Hall–Kier alpha value is -0.360. The van der Waals surface area contributed by atoms with Gasteiger partial charge in [0.1, 0.15) is 4.88 Å². The van der Waals surface area contributed by atoms with Crippen molar-refractivity contribution in [3.05, 3.63) is 16.1 Å². The minimum Gasteiger partial charge on any atom is -0.338 e. The van der Waals surface area contributed by atoms with E-state index in [0.29, 0.717) is 18.1 Å². The van der Waals surface area contributed by atoms with Crippen LogP contribution in [-0.4, -0.2) is 41.0 Å². The predicted molar refractivity (Wildman–Crippen MR) is 95.7 cm³/mol. The lowest BCUT2D eigenvalue weighted by Gasteiger charge is -2.35. The number of nitrogens with zero attached hydrogens (tertiary/aromatic N) is 2. The number of halogens is 2. The van der Waals surface area contributed by atoms with Crippen LogP contribution < -0.4 is 5.32 Å². The van der Waals surface area contributed by atoms with E-state index in [0.717, 1.165) is 35.6 Å². The summed E-state index contributed by atoms with van der Waals surface area (Å²) < 4.78 is 0. The van der Waals surface area contributed by atoms with Gasteiger partial charge in [-0.2, -0.15) is 0 Å². The van der Waals surface area contributed by atoms with Gasteiger partial charge in [-0.1, -0.05) is 6.92 Å². The van der Waals surface area contributed by atoms with E-state index < -0.39 is 0 Å². The molecular weight excluding hydrogens is 341 g/mol. The van der Waals surface area contributed by atoms with Gasteiger partial charge in [0.25, 0.3) is 5.91 Å². The molecule has 0 radical (unpaired) electrons. The van der Waals surface area contributed by atoms with E-state index in [4.69, 9.17) is 0 Å². The van der Waals surface area contributed by atoms with Crippen LogP contribution in [0.25, 0.3) is 0 Å². The number of hydrogen-bond donors (Lipinski definition) is 1. The van der Waals surface area contributed by atoms with E-state index in [1.54, 1.807) is 17.5 Å². The number of aryl methyl sites for hydroxylation is 1. The molecule has 0 spiro atoms. The predicted octanol–water partition coefficient (Wildman–Crippen LogP) is 3.29. The van der Waals surface area contributed by atoms with Gasteiger partial charge in [0.05, 0.1) is 11.2 Å². The third kappa shape index (κ3) is 4.13. The van der Waals surface area contributed by atoms with Crippen LogP contribution >= 0.6 is 36.2 Å². The summed E-state index contributed by atoms with van der Waals surface area (Å²) in [6.07, 6.45) is 8.53. The highest BCUT2D eigenvalue weighted by Gasteiger charge is 2.36. The highest BCUT2D eigenvalue weighted by atomic mass is 35.5. The second-order valence-electron chi connectivity index (χ2n) is 6.05. The molecule has 3 heterocycles. The maximum Gasteiger partial charge on any atom is 0.265 e. The zero-order valence-corrected chi connectivity index (χ0v) is 15.5. The summed E-state index contributed by atoms with van der Waals surface area (Å²) in [6, 6.07) is 1.62. The number of carbonyl (C=O) groups is 1. The number of thiazole rings is 1. The molecule has 1 aromatic heterocycles. The monoisotopic (exact) mass is 365 g/mol. The van der Waals surface area contributed by atoms with E-state index in [1.807, 2.05) is 11.9 Å². The Balaban J connectivity index is 0.00000121. The molecule has 3 rings (SSSR count). The molecule has 2 bridgehead atoms. The second-order valence-corrected chi connectivity index (χ2v) is 7.16. The molecule has 0 aromatic carbocycles. The first-order valence-corrected chi connectivity index (χ1v) is 8.47. The minimum atomic E-state index is 0. The van der Waals surface area contributed by atoms with E-state index in [1.165, 1.54) is 12.8 Å². The van der Waals surface area contributed by atoms with Crippen LogP contribution in [-0.2, 0) is 6.42 Å². The topological polar surface area (TPSA) is 45.2 Å². The fourth-order valence-corrected chi connectivity index (χ4v) is 4.42. The lowest BCUT2D eigenvalue weighted by molar-refractivity contribution is 0.0686. The quantitative estimate of drug-likeness (QED) is 0.889. The average Bonchev–Trinajstić information content (AvgIpc) is 3.04. The van der Waals surface area contributed by atoms with Crippen LogP contribution in [0.15, 0.2) is 6.20 Å². The summed E-state index contributed by atoms with van der Waals surface area (Å²) >= 11 is 1.56. The van der Waals surface area contributed by atoms with Crippen LogP contribution in [0, 0.1) is 0 Å². The van der Waals surface area contributed by atoms with Crippen molar-refractivity contribution < 1.29 is 4.79 Å². The Labute approximate surface area is 148 Å². The lowest BCUT2D eigenvalue weighted by atomic mass is 9.98. The van der Waals surface area contributed by atoms with Gasteiger partial charge < -0.3 is 10.2 Å². The summed E-state index contributed by atoms with van der Waals surface area (Å²) in [5.41, 5.74) is 0. The fraction of sp³-hybridized carbons (Fsp3) is 0.733. The maximum absolute atomic E-state index is 12.6. The molecule has 2 aliphatic heterocycles. The Kier molecular flexibility index (Phi) is 7.59. The van der Waals surface area contributed by atoms with Crippen molar-refractivity contribution in [1.82, 2.24) is 15.2 Å². The number of piperidine rings is 1. The van der Waals surface area contributed by atoms with E-state index in [2.05, 4.69) is 17.2 Å². The van der Waals surface area contributed by atoms with Crippen LogP contribution in [0.4, 0.5) is 0 Å². The van der Waals surface area contributed by atoms with Gasteiger partial charge in [0, 0.05) is 25.2 Å². The lowest BCUT2D eigenvalue weighted by Crippen LogP contribution is -2.48. The Morgan fingerprint density at radius 3 is 2.59 bits per heavy atom. The SMILES string of the molecule is CCCc1ncc(C(=O)N(C)C2CC3CCC(C2)N3)s1.Cl.Cl. The maximum atomic E-state index is 12.6. The molecule has 0 aliphatic carbocycles. The van der Waals surface area contributed by atoms with Gasteiger partial charge in [-0.3, -0.25) is 4.79 Å². The molecule has 0 saturated carbocycles. The molecule has 2 fully saturated rings. The summed E-state index contributed by atoms with van der Waals surface area (Å²) in [6.45, 7) is 2.14. The highest BCUT2D eigenvalue weighted by molar-refractivity contribution is 7.13. The molecule has 2 atom stereocenters. The van der Waals surface area contributed by atoms with Gasteiger partial charge in [0.15, 0.2) is 0 Å². The van der Waals surface area contributed by atoms with E-state index in [9.17, 15) is 4.79 Å². The summed E-state index contributed by atoms with van der Waals surface area (Å²) in [5, 5.41) is 4.71. The van der Waals surface area contributed by atoms with Crippen molar-refractivity contribution in [1.29, 1.82) is 0 Å². The standard InChI is InChI=1S/C15H23N3OS.2ClH/c1-3-4-14-16-9-13(20-14)15(19)18(2)12-7-10-5-6-11(8-12)17-10;;/h9-12,17H,3-8H2,1-2H3;2*1H. The molecule has 1 aromatic rings. The number of fused-ring (bicyclic) bond motifs is 2. The molecule has 4 nitrogen and oxygen atoms in total. The minimum absolute atomic E-state index is 0. The second kappa shape index (κ2) is 8.48. The Bertz CT molecular complexity index is 485. The summed E-state index contributed by atoms with van der Waals surface area (Å²) in [4.78, 5) is 19.7. The van der Waals surface area contributed by atoms with E-state index in [-0.39, 0.29) is 30.7 Å². The van der Waals surface area contributed by atoms with Crippen molar-refractivity contribution in [2.24, 2.45) is 0 Å². The molecule has 126 valence electrons. The van der Waals surface area contributed by atoms with Crippen molar-refractivity contribution in [2.45, 2.75) is 63.6 Å². The van der Waals surface area contributed by atoms with Crippen LogP contribution in [0.2, 0.25) is 0 Å². The van der Waals surface area contributed by atoms with Crippen LogP contribution in [0.3, 0.4) is 0 Å². The molecule has 2 saturated heterocycles. The van der Waals surface area contributed by atoms with Crippen LogP contribution in [0.5, 0.6) is 0 Å². The Morgan fingerprint density at radius 1 is 1.36 bits per heavy atom. The van der Waals surface area contributed by atoms with Crippen molar-refractivity contribution >= 4 is 42.1 Å². The average molecular weight is 366 g/mol. The molecular formula is C15H25Cl2N3OS. The van der Waals surface area contributed by atoms with Crippen LogP contribution in [0.1, 0.15) is 53.7 Å². The number of hydrogen-bond acceptors (Lipinski definition) is 4. The van der Waals surface area contributed by atoms with Gasteiger partial charge in [-0.05, 0) is 38.5 Å². The molecule has 2 unspecified atom stereocenters. The first-order chi connectivity index (χ1) is 9.67. The molecule has 7 heteroatoms. The van der Waals surface area contributed by atoms with Crippen molar-refractivity contribution in [3.63, 3.8) is 0 Å². The number of rotatable bonds is 4. The molecule has 1 N–H and O–H groups in total. The number of amides is 1. The van der Waals surface area contributed by atoms with Gasteiger partial charge >= 0.3 is 0 Å². The first-order valence-electron chi connectivity index (χ1n) is 7.65. The largest absolute Gasteiger partial charge is 0.338 e. The smallest absolute Gasteiger partial charge is 0.265 e. The van der Waals surface area contributed by atoms with E-state index >= 15 is 0 Å². The summed E-state index contributed by atoms with van der Waals surface area (Å²) in [7, 11) is 1.96. The number of carbonyl (C=O) groups excluding carboxylic acids is 1. The third-order valence-electron chi connectivity index (χ3n) is 4.54. The molecule has 1 amide bonds. The third-order valence-corrected chi connectivity index (χ3v) is 5.59. The van der Waals surface area contributed by atoms with Gasteiger partial charge in [0.2, 0.25) is 0 Å². The van der Waals surface area contributed by atoms with Crippen molar-refractivity contribution in [2.75, 3.05) is 7.05 Å². The zero-order valence-electron chi connectivity index (χ0n) is 13.1. The Morgan fingerprint density at radius 2 is 2.00 bits per heavy atom. The normalized spacial score (nSPS) is 26.0. The fourth-order valence-electron chi connectivity index (χ4n) is 3.42. The summed E-state index contributed by atoms with van der Waals surface area (Å²) in [5.74, 6) is 0.149. The highest BCUT2D eigenvalue weighted by Crippen LogP contribution is 2.30. The molecule has 22 heavy (non-hydrogen) atoms. The first kappa shape index (κ1) is 19.7. The number of aromatic nitrogens is 1. The van der Waals surface area contributed by atoms with Crippen molar-refractivity contribution in [3.8, 4) is 0 Å².